The van der Waals surface area contributed by atoms with Crippen molar-refractivity contribution >= 4 is 33.2 Å². The molecule has 0 spiro atoms. The molecule has 0 radical (unpaired) electrons. The molecule has 0 N–H and O–H groups in total. The van der Waals surface area contributed by atoms with Crippen LogP contribution in [0.3, 0.4) is 0 Å². The highest BCUT2D eigenvalue weighted by molar-refractivity contribution is 7.18. The second-order valence-corrected chi connectivity index (χ2v) is 7.83. The zero-order valence-electron chi connectivity index (χ0n) is 13.1. The first-order valence-electron chi connectivity index (χ1n) is 7.84. The van der Waals surface area contributed by atoms with Crippen molar-refractivity contribution in [2.24, 2.45) is 5.92 Å². The Balaban J connectivity index is 2.00. The number of rotatable bonds is 1. The molecule has 5 heteroatoms. The second-order valence-electron chi connectivity index (χ2n) is 6.31. The van der Waals surface area contributed by atoms with Crippen LogP contribution in [0.5, 0.6) is 0 Å². The predicted molar refractivity (Wildman–Crippen MR) is 96.2 cm³/mol. The van der Waals surface area contributed by atoms with Gasteiger partial charge < -0.3 is 0 Å². The molecule has 23 heavy (non-hydrogen) atoms. The molecule has 0 saturated heterocycles. The average molecular weight is 345 g/mol. The summed E-state index contributed by atoms with van der Waals surface area (Å²) in [5.41, 5.74) is 2.08. The summed E-state index contributed by atoms with van der Waals surface area (Å²) < 4.78 is 1.70. The van der Waals surface area contributed by atoms with Crippen LogP contribution in [0.1, 0.15) is 29.6 Å². The molecular weight excluding hydrogens is 328 g/mol. The van der Waals surface area contributed by atoms with Gasteiger partial charge in [0.05, 0.1) is 11.1 Å². The molecule has 118 valence electrons. The minimum Gasteiger partial charge on any atom is -0.268 e. The highest BCUT2D eigenvalue weighted by atomic mass is 35.5. The van der Waals surface area contributed by atoms with Crippen molar-refractivity contribution in [1.82, 2.24) is 9.55 Å². The van der Waals surface area contributed by atoms with Gasteiger partial charge >= 0.3 is 0 Å². The zero-order valence-corrected chi connectivity index (χ0v) is 14.7. The lowest BCUT2D eigenvalue weighted by atomic mass is 9.89. The van der Waals surface area contributed by atoms with E-state index in [1.54, 1.807) is 28.0 Å². The third-order valence-corrected chi connectivity index (χ3v) is 5.98. The summed E-state index contributed by atoms with van der Waals surface area (Å²) in [6, 6.07) is 7.34. The van der Waals surface area contributed by atoms with E-state index in [9.17, 15) is 4.79 Å². The van der Waals surface area contributed by atoms with Gasteiger partial charge in [0.1, 0.15) is 10.7 Å². The third kappa shape index (κ3) is 2.41. The topological polar surface area (TPSA) is 34.9 Å². The van der Waals surface area contributed by atoms with Crippen LogP contribution in [0.4, 0.5) is 0 Å². The number of aromatic nitrogens is 2. The SMILES string of the molecule is Cc1nc2sc3c(c2c(=O)n1-c1ccc(Cl)cc1)CC[C@@H](C)C3. The highest BCUT2D eigenvalue weighted by Gasteiger charge is 2.24. The Morgan fingerprint density at radius 1 is 1.30 bits per heavy atom. The molecule has 0 unspecified atom stereocenters. The predicted octanol–water partition coefficient (Wildman–Crippen LogP) is 4.53. The van der Waals surface area contributed by atoms with E-state index in [4.69, 9.17) is 16.6 Å². The number of benzene rings is 1. The summed E-state index contributed by atoms with van der Waals surface area (Å²) in [7, 11) is 0. The molecule has 0 amide bonds. The van der Waals surface area contributed by atoms with Crippen molar-refractivity contribution in [2.75, 3.05) is 0 Å². The second kappa shape index (κ2) is 5.46. The minimum absolute atomic E-state index is 0.0434. The molecule has 1 aromatic carbocycles. The van der Waals surface area contributed by atoms with Crippen LogP contribution in [0.15, 0.2) is 29.1 Å². The van der Waals surface area contributed by atoms with Gasteiger partial charge in [0.2, 0.25) is 0 Å². The van der Waals surface area contributed by atoms with Gasteiger partial charge in [0.15, 0.2) is 0 Å². The number of hydrogen-bond donors (Lipinski definition) is 0. The molecule has 4 rings (SSSR count). The maximum Gasteiger partial charge on any atom is 0.267 e. The van der Waals surface area contributed by atoms with Gasteiger partial charge in [0, 0.05) is 9.90 Å². The summed E-state index contributed by atoms with van der Waals surface area (Å²) in [4.78, 5) is 20.1. The lowest BCUT2D eigenvalue weighted by Gasteiger charge is -2.17. The van der Waals surface area contributed by atoms with Gasteiger partial charge in [-0.2, -0.15) is 0 Å². The summed E-state index contributed by atoms with van der Waals surface area (Å²) >= 11 is 7.66. The summed E-state index contributed by atoms with van der Waals surface area (Å²) in [5.74, 6) is 1.41. The van der Waals surface area contributed by atoms with Crippen LogP contribution in [-0.4, -0.2) is 9.55 Å². The normalized spacial score (nSPS) is 17.4. The van der Waals surface area contributed by atoms with Gasteiger partial charge in [-0.05, 0) is 61.9 Å². The first kappa shape index (κ1) is 14.9. The van der Waals surface area contributed by atoms with Gasteiger partial charge in [-0.3, -0.25) is 9.36 Å². The van der Waals surface area contributed by atoms with Crippen LogP contribution >= 0.6 is 22.9 Å². The van der Waals surface area contributed by atoms with Crippen molar-refractivity contribution in [3.8, 4) is 5.69 Å². The van der Waals surface area contributed by atoms with Crippen LogP contribution in [0.25, 0.3) is 15.9 Å². The van der Waals surface area contributed by atoms with Gasteiger partial charge in [-0.25, -0.2) is 4.98 Å². The third-order valence-electron chi connectivity index (χ3n) is 4.58. The Hall–Kier alpha value is -1.65. The fourth-order valence-corrected chi connectivity index (χ4v) is 4.93. The molecule has 0 fully saturated rings. The lowest BCUT2D eigenvalue weighted by Crippen LogP contribution is -2.23. The fraction of sp³-hybridized carbons (Fsp3) is 0.333. The molecule has 2 heterocycles. The monoisotopic (exact) mass is 344 g/mol. The van der Waals surface area contributed by atoms with Gasteiger partial charge in [-0.1, -0.05) is 18.5 Å². The zero-order chi connectivity index (χ0) is 16.1. The van der Waals surface area contributed by atoms with Crippen molar-refractivity contribution in [3.63, 3.8) is 0 Å². The molecular formula is C18H17ClN2OS. The van der Waals surface area contributed by atoms with Gasteiger partial charge in [0.25, 0.3) is 5.56 Å². The van der Waals surface area contributed by atoms with Crippen LogP contribution < -0.4 is 5.56 Å². The number of aryl methyl sites for hydroxylation is 2. The maximum absolute atomic E-state index is 13.1. The number of hydrogen-bond acceptors (Lipinski definition) is 3. The number of thiophene rings is 1. The van der Waals surface area contributed by atoms with Crippen LogP contribution in [0, 0.1) is 12.8 Å². The Morgan fingerprint density at radius 3 is 2.78 bits per heavy atom. The largest absolute Gasteiger partial charge is 0.268 e. The molecule has 1 atom stereocenters. The summed E-state index contributed by atoms with van der Waals surface area (Å²) in [6.45, 7) is 4.16. The van der Waals surface area contributed by atoms with E-state index in [0.717, 1.165) is 41.0 Å². The molecule has 1 aliphatic rings. The standard InChI is InChI=1S/C18H17ClN2OS/c1-10-3-8-14-15(9-10)23-17-16(14)18(22)21(11(2)20-17)13-6-4-12(19)5-7-13/h4-7,10H,3,8-9H2,1-2H3/t10-/m1/s1. The molecule has 0 aliphatic heterocycles. The van der Waals surface area contributed by atoms with Crippen molar-refractivity contribution in [1.29, 1.82) is 0 Å². The van der Waals surface area contributed by atoms with Crippen LogP contribution in [-0.2, 0) is 12.8 Å². The smallest absolute Gasteiger partial charge is 0.267 e. The molecule has 3 aromatic rings. The molecule has 2 aromatic heterocycles. The summed E-state index contributed by atoms with van der Waals surface area (Å²) in [5, 5.41) is 1.48. The maximum atomic E-state index is 13.1. The first-order valence-corrected chi connectivity index (χ1v) is 9.04. The van der Waals surface area contributed by atoms with Crippen LogP contribution in [0.2, 0.25) is 5.02 Å². The van der Waals surface area contributed by atoms with E-state index in [1.807, 2.05) is 19.1 Å². The Kier molecular flexibility index (Phi) is 3.54. The van der Waals surface area contributed by atoms with E-state index < -0.39 is 0 Å². The van der Waals surface area contributed by atoms with Gasteiger partial charge in [-0.15, -0.1) is 11.3 Å². The van der Waals surface area contributed by atoms with E-state index in [2.05, 4.69) is 6.92 Å². The Morgan fingerprint density at radius 2 is 2.04 bits per heavy atom. The average Bonchev–Trinajstić information content (AvgIpc) is 2.86. The molecule has 0 saturated carbocycles. The van der Waals surface area contributed by atoms with E-state index in [1.165, 1.54) is 10.4 Å². The van der Waals surface area contributed by atoms with Crippen molar-refractivity contribution < 1.29 is 0 Å². The molecule has 1 aliphatic carbocycles. The van der Waals surface area contributed by atoms with Crippen molar-refractivity contribution in [3.05, 3.63) is 55.9 Å². The van der Waals surface area contributed by atoms with E-state index in [-0.39, 0.29) is 5.56 Å². The molecule has 0 bridgehead atoms. The number of halogens is 1. The first-order chi connectivity index (χ1) is 11.0. The minimum atomic E-state index is 0.0434. The quantitative estimate of drug-likeness (QED) is 0.650. The van der Waals surface area contributed by atoms with Crippen molar-refractivity contribution in [2.45, 2.75) is 33.1 Å². The fourth-order valence-electron chi connectivity index (χ4n) is 3.39. The van der Waals surface area contributed by atoms with E-state index >= 15 is 0 Å². The van der Waals surface area contributed by atoms with E-state index in [0.29, 0.717) is 10.9 Å². The lowest BCUT2D eigenvalue weighted by molar-refractivity contribution is 0.509. The number of fused-ring (bicyclic) bond motifs is 3. The number of nitrogens with zero attached hydrogens (tertiary/aromatic N) is 2. The Bertz CT molecular complexity index is 956. The summed E-state index contributed by atoms with van der Waals surface area (Å²) in [6.07, 6.45) is 3.19. The highest BCUT2D eigenvalue weighted by Crippen LogP contribution is 2.36. The molecule has 3 nitrogen and oxygen atoms in total. The Labute approximate surface area is 143 Å².